The summed E-state index contributed by atoms with van der Waals surface area (Å²) in [5, 5.41) is 5.34. The molecule has 8 heteroatoms. The van der Waals surface area contributed by atoms with Crippen molar-refractivity contribution in [1.29, 1.82) is 0 Å². The van der Waals surface area contributed by atoms with Crippen molar-refractivity contribution in [2.45, 2.75) is 26.3 Å². The highest BCUT2D eigenvalue weighted by molar-refractivity contribution is 6.22. The topological polar surface area (TPSA) is 105 Å². The normalized spacial score (nSPS) is 13.1. The van der Waals surface area contributed by atoms with E-state index in [1.807, 2.05) is 18.2 Å². The van der Waals surface area contributed by atoms with Crippen LogP contribution >= 0.6 is 0 Å². The van der Waals surface area contributed by atoms with Crippen molar-refractivity contribution in [3.05, 3.63) is 65.2 Å². The van der Waals surface area contributed by atoms with Crippen LogP contribution in [0.1, 0.15) is 51.8 Å². The van der Waals surface area contributed by atoms with E-state index in [4.69, 9.17) is 4.74 Å². The highest BCUT2D eigenvalue weighted by Crippen LogP contribution is 2.29. The van der Waals surface area contributed by atoms with Crippen LogP contribution < -0.4 is 15.4 Å². The third kappa shape index (κ3) is 5.09. The Morgan fingerprint density at radius 3 is 2.23 bits per heavy atom. The summed E-state index contributed by atoms with van der Waals surface area (Å²) < 4.78 is 5.35. The molecule has 0 aromatic heterocycles. The summed E-state index contributed by atoms with van der Waals surface area (Å²) in [5.41, 5.74) is 0.133. The molecule has 1 aliphatic heterocycles. The average molecular weight is 423 g/mol. The Morgan fingerprint density at radius 2 is 1.55 bits per heavy atom. The quantitative estimate of drug-likeness (QED) is 0.524. The standard InChI is InChI=1S/C23H25N3O5/c1-23(2,3)26-21(29)17-10-9-15(13-18(17)22(26)30)20(28)25-12-11-24-19(27)14-31-16-7-5-4-6-8-16/h4-10,13H,11-12,14H2,1-3H3,(H,24,27)(H,25,28). The van der Waals surface area contributed by atoms with Crippen molar-refractivity contribution in [2.75, 3.05) is 19.7 Å². The summed E-state index contributed by atoms with van der Waals surface area (Å²) in [6.07, 6.45) is 0. The Labute approximate surface area is 180 Å². The molecule has 0 bridgehead atoms. The lowest BCUT2D eigenvalue weighted by molar-refractivity contribution is -0.123. The molecule has 2 aromatic rings. The smallest absolute Gasteiger partial charge is 0.262 e. The number of para-hydroxylation sites is 1. The molecule has 1 aliphatic rings. The number of carbonyl (C=O) groups is 4. The number of nitrogens with zero attached hydrogens (tertiary/aromatic N) is 1. The van der Waals surface area contributed by atoms with Crippen molar-refractivity contribution in [2.24, 2.45) is 0 Å². The molecule has 0 saturated carbocycles. The van der Waals surface area contributed by atoms with Crippen molar-refractivity contribution in [3.8, 4) is 5.75 Å². The summed E-state index contributed by atoms with van der Waals surface area (Å²) >= 11 is 0. The van der Waals surface area contributed by atoms with Gasteiger partial charge in [0.1, 0.15) is 5.75 Å². The van der Waals surface area contributed by atoms with Gasteiger partial charge < -0.3 is 15.4 Å². The number of carbonyl (C=O) groups excluding carboxylic acids is 4. The number of fused-ring (bicyclic) bond motifs is 1. The Kier molecular flexibility index (Phi) is 6.39. The fourth-order valence-corrected chi connectivity index (χ4v) is 3.19. The van der Waals surface area contributed by atoms with E-state index in [1.54, 1.807) is 32.9 Å². The molecule has 4 amide bonds. The monoisotopic (exact) mass is 423 g/mol. The summed E-state index contributed by atoms with van der Waals surface area (Å²) in [5.74, 6) is -0.873. The van der Waals surface area contributed by atoms with Crippen LogP contribution in [-0.2, 0) is 4.79 Å². The molecule has 0 saturated heterocycles. The SMILES string of the molecule is CC(C)(C)N1C(=O)c2ccc(C(=O)NCCNC(=O)COc3ccccc3)cc2C1=O. The molecule has 1 heterocycles. The maximum absolute atomic E-state index is 12.6. The lowest BCUT2D eigenvalue weighted by atomic mass is 10.1. The molecule has 8 nitrogen and oxygen atoms in total. The van der Waals surface area contributed by atoms with Gasteiger partial charge in [0, 0.05) is 24.2 Å². The van der Waals surface area contributed by atoms with Crippen molar-refractivity contribution in [1.82, 2.24) is 15.5 Å². The largest absolute Gasteiger partial charge is 0.484 e. The van der Waals surface area contributed by atoms with Crippen LogP contribution in [0.4, 0.5) is 0 Å². The highest BCUT2D eigenvalue weighted by atomic mass is 16.5. The van der Waals surface area contributed by atoms with E-state index in [0.717, 1.165) is 0 Å². The van der Waals surface area contributed by atoms with Gasteiger partial charge >= 0.3 is 0 Å². The Hall–Kier alpha value is -3.68. The number of benzene rings is 2. The number of hydrogen-bond donors (Lipinski definition) is 2. The molecule has 0 fully saturated rings. The third-order valence-corrected chi connectivity index (χ3v) is 4.67. The third-order valence-electron chi connectivity index (χ3n) is 4.67. The molecule has 0 aliphatic carbocycles. The van der Waals surface area contributed by atoms with E-state index in [1.165, 1.54) is 23.1 Å². The lowest BCUT2D eigenvalue weighted by Gasteiger charge is -2.29. The first-order chi connectivity index (χ1) is 14.7. The molecule has 0 spiro atoms. The number of nitrogens with one attached hydrogen (secondary N) is 2. The molecular formula is C23H25N3O5. The maximum atomic E-state index is 12.6. The van der Waals surface area contributed by atoms with Crippen LogP contribution in [0.15, 0.2) is 48.5 Å². The van der Waals surface area contributed by atoms with Gasteiger partial charge in [-0.2, -0.15) is 0 Å². The highest BCUT2D eigenvalue weighted by Gasteiger charge is 2.42. The first-order valence-electron chi connectivity index (χ1n) is 9.94. The molecule has 3 rings (SSSR count). The van der Waals surface area contributed by atoms with E-state index in [9.17, 15) is 19.2 Å². The molecule has 2 N–H and O–H groups in total. The minimum atomic E-state index is -0.655. The predicted molar refractivity (Wildman–Crippen MR) is 114 cm³/mol. The predicted octanol–water partition coefficient (Wildman–Crippen LogP) is 2.01. The zero-order valence-electron chi connectivity index (χ0n) is 17.7. The molecular weight excluding hydrogens is 398 g/mol. The van der Waals surface area contributed by atoms with E-state index in [2.05, 4.69) is 10.6 Å². The Morgan fingerprint density at radius 1 is 0.903 bits per heavy atom. The number of amides is 4. The van der Waals surface area contributed by atoms with E-state index >= 15 is 0 Å². The maximum Gasteiger partial charge on any atom is 0.262 e. The van der Waals surface area contributed by atoms with Gasteiger partial charge in [0.05, 0.1) is 11.1 Å². The van der Waals surface area contributed by atoms with Gasteiger partial charge in [0.15, 0.2) is 6.61 Å². The van der Waals surface area contributed by atoms with Crippen LogP contribution in [0.3, 0.4) is 0 Å². The average Bonchev–Trinajstić information content (AvgIpc) is 3.00. The zero-order valence-corrected chi connectivity index (χ0v) is 17.7. The molecule has 0 radical (unpaired) electrons. The number of ether oxygens (including phenoxy) is 1. The molecule has 0 atom stereocenters. The fourth-order valence-electron chi connectivity index (χ4n) is 3.19. The van der Waals surface area contributed by atoms with Crippen LogP contribution in [0.2, 0.25) is 0 Å². The van der Waals surface area contributed by atoms with Gasteiger partial charge in [-0.15, -0.1) is 0 Å². The minimum Gasteiger partial charge on any atom is -0.484 e. The minimum absolute atomic E-state index is 0.122. The second-order valence-corrected chi connectivity index (χ2v) is 8.08. The second-order valence-electron chi connectivity index (χ2n) is 8.08. The van der Waals surface area contributed by atoms with Crippen molar-refractivity contribution in [3.63, 3.8) is 0 Å². The first-order valence-corrected chi connectivity index (χ1v) is 9.94. The molecule has 0 unspecified atom stereocenters. The summed E-state index contributed by atoms with van der Waals surface area (Å²) in [6, 6.07) is 13.4. The number of rotatable bonds is 7. The second kappa shape index (κ2) is 8.99. The van der Waals surface area contributed by atoms with Crippen molar-refractivity contribution < 1.29 is 23.9 Å². The van der Waals surface area contributed by atoms with E-state index < -0.39 is 17.4 Å². The summed E-state index contributed by atoms with van der Waals surface area (Å²) in [4.78, 5) is 50.6. The van der Waals surface area contributed by atoms with Crippen LogP contribution in [-0.4, -0.2) is 53.8 Å². The van der Waals surface area contributed by atoms with Crippen LogP contribution in [0.25, 0.3) is 0 Å². The number of hydrogen-bond acceptors (Lipinski definition) is 5. The van der Waals surface area contributed by atoms with Gasteiger partial charge in [-0.1, -0.05) is 18.2 Å². The summed E-state index contributed by atoms with van der Waals surface area (Å²) in [7, 11) is 0. The molecule has 31 heavy (non-hydrogen) atoms. The van der Waals surface area contributed by atoms with Gasteiger partial charge in [-0.3, -0.25) is 24.1 Å². The first kappa shape index (κ1) is 22.0. The molecule has 162 valence electrons. The Balaban J connectivity index is 1.49. The van der Waals surface area contributed by atoms with Crippen LogP contribution in [0, 0.1) is 0 Å². The lowest BCUT2D eigenvalue weighted by Crippen LogP contribution is -2.45. The zero-order chi connectivity index (χ0) is 22.6. The van der Waals surface area contributed by atoms with Gasteiger partial charge in [0.2, 0.25) is 0 Å². The van der Waals surface area contributed by atoms with Gasteiger partial charge in [0.25, 0.3) is 23.6 Å². The number of imide groups is 1. The molecule has 2 aromatic carbocycles. The summed E-state index contributed by atoms with van der Waals surface area (Å²) in [6.45, 7) is 5.64. The Bertz CT molecular complexity index is 1010. The van der Waals surface area contributed by atoms with Crippen molar-refractivity contribution >= 4 is 23.6 Å². The van der Waals surface area contributed by atoms with E-state index in [-0.39, 0.29) is 42.6 Å². The van der Waals surface area contributed by atoms with E-state index in [0.29, 0.717) is 11.3 Å². The van der Waals surface area contributed by atoms with Gasteiger partial charge in [-0.25, -0.2) is 0 Å². The van der Waals surface area contributed by atoms with Gasteiger partial charge in [-0.05, 0) is 51.1 Å². The fraction of sp³-hybridized carbons (Fsp3) is 0.304. The van der Waals surface area contributed by atoms with Crippen LogP contribution in [0.5, 0.6) is 5.75 Å².